The van der Waals surface area contributed by atoms with E-state index in [1.54, 1.807) is 35.8 Å². The van der Waals surface area contributed by atoms with Crippen LogP contribution in [0.1, 0.15) is 0 Å². The monoisotopic (exact) mass is 286 g/mol. The minimum absolute atomic E-state index is 0.277. The maximum atomic E-state index is 5.38. The van der Waals surface area contributed by atoms with E-state index < -0.39 is 0 Å². The fourth-order valence-corrected chi connectivity index (χ4v) is 1.72. The molecule has 3 aromatic rings. The fraction of sp³-hybridized carbons (Fsp3) is 0.182. The van der Waals surface area contributed by atoms with Gasteiger partial charge in [-0.3, -0.25) is 9.99 Å². The van der Waals surface area contributed by atoms with Crippen molar-refractivity contribution in [3.05, 3.63) is 37.4 Å². The number of hydrogen-bond donors (Lipinski definition) is 3. The zero-order chi connectivity index (χ0) is 14.5. The van der Waals surface area contributed by atoms with Gasteiger partial charge in [-0.25, -0.2) is 15.8 Å². The van der Waals surface area contributed by atoms with Crippen LogP contribution in [0.4, 0.5) is 11.9 Å². The van der Waals surface area contributed by atoms with Gasteiger partial charge in [0.15, 0.2) is 0 Å². The molecule has 0 aliphatic carbocycles. The number of nitrogens with zero attached hydrogens (tertiary/aromatic N) is 7. The van der Waals surface area contributed by atoms with Gasteiger partial charge >= 0.3 is 0 Å². The average Bonchev–Trinajstić information content (AvgIpc) is 3.20. The number of nitrogen functional groups attached to an aromatic ring is 1. The Kier molecular flexibility index (Phi) is 3.69. The normalized spacial score (nSPS) is 10.5. The van der Waals surface area contributed by atoms with E-state index in [1.165, 1.54) is 0 Å². The molecule has 0 saturated carbocycles. The molecule has 108 valence electrons. The Hall–Kier alpha value is -3.01. The van der Waals surface area contributed by atoms with Crippen molar-refractivity contribution in [2.75, 3.05) is 17.3 Å². The van der Waals surface area contributed by atoms with Crippen LogP contribution >= 0.6 is 0 Å². The first-order valence-electron chi connectivity index (χ1n) is 6.26. The number of nitrogens with two attached hydrogens (primary N) is 1. The molecule has 0 saturated heterocycles. The molecule has 21 heavy (non-hydrogen) atoms. The lowest BCUT2D eigenvalue weighted by molar-refractivity contribution is 0.721. The van der Waals surface area contributed by atoms with Gasteiger partial charge in [0.05, 0.1) is 6.33 Å². The summed E-state index contributed by atoms with van der Waals surface area (Å²) in [6, 6.07) is 0. The molecule has 0 aliphatic rings. The van der Waals surface area contributed by atoms with Crippen LogP contribution in [0.25, 0.3) is 5.95 Å². The van der Waals surface area contributed by atoms with Gasteiger partial charge in [0, 0.05) is 37.9 Å². The summed E-state index contributed by atoms with van der Waals surface area (Å²) in [5.74, 6) is 6.52. The van der Waals surface area contributed by atoms with Crippen LogP contribution < -0.4 is 16.6 Å². The molecule has 10 heteroatoms. The minimum Gasteiger partial charge on any atom is -0.352 e. The van der Waals surface area contributed by atoms with Gasteiger partial charge in [-0.1, -0.05) is 0 Å². The highest BCUT2D eigenvalue weighted by Crippen LogP contribution is 2.08. The van der Waals surface area contributed by atoms with Crippen molar-refractivity contribution in [2.45, 2.75) is 6.54 Å². The second kappa shape index (κ2) is 5.96. The molecule has 0 bridgehead atoms. The third-order valence-electron chi connectivity index (χ3n) is 2.70. The van der Waals surface area contributed by atoms with Gasteiger partial charge in [-0.2, -0.15) is 15.0 Å². The molecular weight excluding hydrogens is 272 g/mol. The Morgan fingerprint density at radius 1 is 1.00 bits per heavy atom. The summed E-state index contributed by atoms with van der Waals surface area (Å²) >= 11 is 0. The van der Waals surface area contributed by atoms with Crippen LogP contribution in [0.3, 0.4) is 0 Å². The quantitative estimate of drug-likeness (QED) is 0.415. The maximum absolute atomic E-state index is 5.38. The van der Waals surface area contributed by atoms with Crippen molar-refractivity contribution >= 4 is 11.9 Å². The van der Waals surface area contributed by atoms with Crippen LogP contribution in [-0.4, -0.2) is 40.6 Å². The molecular formula is C11H14N10. The second-order valence-corrected chi connectivity index (χ2v) is 4.12. The number of hydrogen-bond acceptors (Lipinski definition) is 8. The van der Waals surface area contributed by atoms with Crippen molar-refractivity contribution in [3.63, 3.8) is 0 Å². The van der Waals surface area contributed by atoms with Crippen molar-refractivity contribution in [1.29, 1.82) is 0 Å². The summed E-state index contributed by atoms with van der Waals surface area (Å²) < 4.78 is 3.62. The molecule has 0 aromatic carbocycles. The average molecular weight is 286 g/mol. The van der Waals surface area contributed by atoms with E-state index in [0.717, 1.165) is 6.54 Å². The van der Waals surface area contributed by atoms with E-state index >= 15 is 0 Å². The molecule has 0 spiro atoms. The Morgan fingerprint density at radius 3 is 2.52 bits per heavy atom. The van der Waals surface area contributed by atoms with Crippen LogP contribution in [0.5, 0.6) is 0 Å². The predicted octanol–water partition coefficient (Wildman–Crippen LogP) is -0.349. The Balaban J connectivity index is 1.73. The summed E-state index contributed by atoms with van der Waals surface area (Å²) in [6.45, 7) is 1.39. The van der Waals surface area contributed by atoms with Crippen molar-refractivity contribution in [2.24, 2.45) is 5.84 Å². The van der Waals surface area contributed by atoms with E-state index in [2.05, 4.69) is 35.7 Å². The van der Waals surface area contributed by atoms with Crippen molar-refractivity contribution in [3.8, 4) is 5.95 Å². The molecule has 3 rings (SSSR count). The summed E-state index contributed by atoms with van der Waals surface area (Å²) in [6.07, 6.45) is 10.4. The molecule has 0 radical (unpaired) electrons. The number of anilines is 2. The molecule has 0 atom stereocenters. The molecule has 0 unspecified atom stereocenters. The first-order chi connectivity index (χ1) is 10.3. The molecule has 10 nitrogen and oxygen atoms in total. The van der Waals surface area contributed by atoms with E-state index in [9.17, 15) is 0 Å². The maximum Gasteiger partial charge on any atom is 0.243 e. The highest BCUT2D eigenvalue weighted by atomic mass is 15.4. The first kappa shape index (κ1) is 13.0. The van der Waals surface area contributed by atoms with Crippen LogP contribution in [0.2, 0.25) is 0 Å². The van der Waals surface area contributed by atoms with Crippen LogP contribution in [0, 0.1) is 0 Å². The summed E-state index contributed by atoms with van der Waals surface area (Å²) in [7, 11) is 0. The third-order valence-corrected chi connectivity index (χ3v) is 2.70. The van der Waals surface area contributed by atoms with Crippen LogP contribution in [0.15, 0.2) is 37.4 Å². The van der Waals surface area contributed by atoms with Gasteiger partial charge < -0.3 is 9.88 Å². The molecule has 0 aliphatic heterocycles. The van der Waals surface area contributed by atoms with Crippen molar-refractivity contribution in [1.82, 2.24) is 34.1 Å². The number of rotatable bonds is 6. The molecule has 3 aromatic heterocycles. The lowest BCUT2D eigenvalue weighted by Crippen LogP contribution is -2.17. The van der Waals surface area contributed by atoms with Gasteiger partial charge in [0.2, 0.25) is 17.8 Å². The number of nitrogens with one attached hydrogen (secondary N) is 2. The lowest BCUT2D eigenvalue weighted by Gasteiger charge is -2.09. The number of imidazole rings is 2. The molecule has 0 amide bonds. The zero-order valence-electron chi connectivity index (χ0n) is 11.1. The zero-order valence-corrected chi connectivity index (χ0v) is 11.1. The SMILES string of the molecule is NNc1nc(NCCn2ccnc2)nc(-n2ccnc2)n1. The van der Waals surface area contributed by atoms with E-state index in [0.29, 0.717) is 18.4 Å². The number of aromatic nitrogens is 7. The fourth-order valence-electron chi connectivity index (χ4n) is 1.72. The smallest absolute Gasteiger partial charge is 0.243 e. The lowest BCUT2D eigenvalue weighted by atomic mass is 10.6. The summed E-state index contributed by atoms with van der Waals surface area (Å²) in [4.78, 5) is 20.6. The van der Waals surface area contributed by atoms with E-state index in [1.807, 2.05) is 10.8 Å². The minimum atomic E-state index is 0.277. The largest absolute Gasteiger partial charge is 0.352 e. The Labute approximate surface area is 120 Å². The van der Waals surface area contributed by atoms with E-state index in [4.69, 9.17) is 5.84 Å². The van der Waals surface area contributed by atoms with Gasteiger partial charge in [-0.15, -0.1) is 0 Å². The Bertz CT molecular complexity index is 675. The summed E-state index contributed by atoms with van der Waals surface area (Å²) in [5, 5.41) is 3.12. The van der Waals surface area contributed by atoms with E-state index in [-0.39, 0.29) is 5.95 Å². The molecule has 3 heterocycles. The summed E-state index contributed by atoms with van der Waals surface area (Å²) in [5.41, 5.74) is 2.42. The van der Waals surface area contributed by atoms with Crippen molar-refractivity contribution < 1.29 is 0 Å². The van der Waals surface area contributed by atoms with Gasteiger partial charge in [0.25, 0.3) is 0 Å². The standard InChI is InChI=1S/C11H14N10/c12-19-10-16-9(15-3-5-20-4-1-13-7-20)17-11(18-10)21-6-2-14-8-21/h1-2,4,6-8H,3,5,12H2,(H2,15,16,17,18,19). The molecule has 0 fully saturated rings. The highest BCUT2D eigenvalue weighted by molar-refractivity contribution is 5.37. The predicted molar refractivity (Wildman–Crippen MR) is 75.5 cm³/mol. The number of hydrazine groups is 1. The second-order valence-electron chi connectivity index (χ2n) is 4.12. The van der Waals surface area contributed by atoms with Gasteiger partial charge in [-0.05, 0) is 0 Å². The third kappa shape index (κ3) is 3.12. The van der Waals surface area contributed by atoms with Crippen LogP contribution in [-0.2, 0) is 6.54 Å². The highest BCUT2D eigenvalue weighted by Gasteiger charge is 2.07. The molecule has 4 N–H and O–H groups in total. The topological polar surface area (TPSA) is 124 Å². The van der Waals surface area contributed by atoms with Gasteiger partial charge in [0.1, 0.15) is 6.33 Å². The Morgan fingerprint density at radius 2 is 1.81 bits per heavy atom. The first-order valence-corrected chi connectivity index (χ1v) is 6.26.